The van der Waals surface area contributed by atoms with Gasteiger partial charge in [-0.2, -0.15) is 0 Å². The SMILES string of the molecule is C=CO.O[SiH3]. The highest BCUT2D eigenvalue weighted by Crippen LogP contribution is 1.26. The van der Waals surface area contributed by atoms with Gasteiger partial charge in [-0.25, -0.2) is 0 Å². The minimum absolute atomic E-state index is 0.306. The van der Waals surface area contributed by atoms with Crippen molar-refractivity contribution in [3.05, 3.63) is 12.8 Å². The predicted molar refractivity (Wildman–Crippen MR) is 25.0 cm³/mol. The summed E-state index contributed by atoms with van der Waals surface area (Å²) in [7, 11) is 0.306. The van der Waals surface area contributed by atoms with Crippen LogP contribution >= 0.6 is 0 Å². The maximum Gasteiger partial charge on any atom is 0.141 e. The molecule has 0 bridgehead atoms. The second-order valence-corrected chi connectivity index (χ2v) is 0.183. The van der Waals surface area contributed by atoms with Gasteiger partial charge in [0.05, 0.1) is 6.26 Å². The summed E-state index contributed by atoms with van der Waals surface area (Å²) in [6.07, 6.45) is 0.750. The Morgan fingerprint density at radius 3 is 1.60 bits per heavy atom. The minimum Gasteiger partial charge on any atom is -0.516 e. The van der Waals surface area contributed by atoms with E-state index in [1.807, 2.05) is 0 Å². The molecule has 0 aromatic rings. The molecule has 32 valence electrons. The molecule has 0 atom stereocenters. The fraction of sp³-hybridized carbons (Fsp3) is 0. The van der Waals surface area contributed by atoms with E-state index in [0.29, 0.717) is 10.5 Å². The van der Waals surface area contributed by atoms with Crippen LogP contribution in [0, 0.1) is 0 Å². The number of hydrogen-bond donors (Lipinski definition) is 2. The smallest absolute Gasteiger partial charge is 0.141 e. The van der Waals surface area contributed by atoms with Gasteiger partial charge in [0.1, 0.15) is 10.5 Å². The van der Waals surface area contributed by atoms with Crippen LogP contribution in [0.5, 0.6) is 0 Å². The molecule has 0 aliphatic heterocycles. The first kappa shape index (κ1) is 8.83. The van der Waals surface area contributed by atoms with E-state index >= 15 is 0 Å². The summed E-state index contributed by atoms with van der Waals surface area (Å²) in [5.74, 6) is 0. The van der Waals surface area contributed by atoms with Gasteiger partial charge in [-0.3, -0.25) is 0 Å². The van der Waals surface area contributed by atoms with Crippen molar-refractivity contribution in [2.75, 3.05) is 0 Å². The van der Waals surface area contributed by atoms with Crippen LogP contribution < -0.4 is 0 Å². The van der Waals surface area contributed by atoms with Crippen molar-refractivity contribution in [2.24, 2.45) is 0 Å². The number of aliphatic hydroxyl groups is 1. The van der Waals surface area contributed by atoms with Crippen LogP contribution in [0.4, 0.5) is 0 Å². The van der Waals surface area contributed by atoms with E-state index in [1.54, 1.807) is 0 Å². The molecule has 0 aliphatic carbocycles. The van der Waals surface area contributed by atoms with E-state index < -0.39 is 0 Å². The van der Waals surface area contributed by atoms with Crippen molar-refractivity contribution in [2.45, 2.75) is 0 Å². The molecule has 0 amide bonds. The van der Waals surface area contributed by atoms with Gasteiger partial charge < -0.3 is 9.90 Å². The van der Waals surface area contributed by atoms with Crippen LogP contribution in [0.1, 0.15) is 0 Å². The Bertz CT molecular complexity index is 15.1. The molecule has 0 spiro atoms. The van der Waals surface area contributed by atoms with Gasteiger partial charge in [0.2, 0.25) is 0 Å². The molecule has 0 saturated heterocycles. The first-order valence-corrected chi connectivity index (χ1v) is 2.01. The number of aliphatic hydroxyl groups excluding tert-OH is 1. The summed E-state index contributed by atoms with van der Waals surface area (Å²) in [5, 5.41) is 7.33. The molecule has 0 aromatic heterocycles. The molecule has 2 nitrogen and oxygen atoms in total. The Kier molecular flexibility index (Phi) is 94.3. The molecule has 0 heterocycles. The number of rotatable bonds is 0. The summed E-state index contributed by atoms with van der Waals surface area (Å²) in [6, 6.07) is 0. The van der Waals surface area contributed by atoms with Crippen molar-refractivity contribution in [1.82, 2.24) is 0 Å². The highest BCUT2D eigenvalue weighted by Gasteiger charge is 1.11. The minimum atomic E-state index is 0.306. The van der Waals surface area contributed by atoms with Gasteiger partial charge in [0.25, 0.3) is 0 Å². The van der Waals surface area contributed by atoms with Crippen molar-refractivity contribution in [3.63, 3.8) is 0 Å². The van der Waals surface area contributed by atoms with Gasteiger partial charge in [-0.1, -0.05) is 6.58 Å². The van der Waals surface area contributed by atoms with E-state index in [1.165, 1.54) is 0 Å². The third-order valence-corrected chi connectivity index (χ3v) is 0. The summed E-state index contributed by atoms with van der Waals surface area (Å²) in [5.41, 5.74) is 0. The van der Waals surface area contributed by atoms with Crippen LogP contribution in [0.2, 0.25) is 0 Å². The first-order chi connectivity index (χ1) is 2.41. The fourth-order valence-electron chi connectivity index (χ4n) is 0. The lowest BCUT2D eigenvalue weighted by Crippen LogP contribution is -1.34. The van der Waals surface area contributed by atoms with Gasteiger partial charge in [-0.05, 0) is 0 Å². The maximum absolute atomic E-state index is 7.33. The monoisotopic (exact) mass is 92.0 g/mol. The average Bonchev–Trinajstić information content (AvgIpc) is 1.46. The second-order valence-electron chi connectivity index (χ2n) is 0.183. The van der Waals surface area contributed by atoms with E-state index in [0.717, 1.165) is 6.26 Å². The molecule has 0 aliphatic rings. The quantitative estimate of drug-likeness (QED) is 0.295. The van der Waals surface area contributed by atoms with Crippen molar-refractivity contribution < 1.29 is 9.90 Å². The highest BCUT2D eigenvalue weighted by molar-refractivity contribution is 5.95. The van der Waals surface area contributed by atoms with Gasteiger partial charge in [0.15, 0.2) is 0 Å². The van der Waals surface area contributed by atoms with E-state index in [9.17, 15) is 0 Å². The molecule has 5 heavy (non-hydrogen) atoms. The molecule has 0 fully saturated rings. The molecule has 3 heteroatoms. The molecule has 0 saturated carbocycles. The van der Waals surface area contributed by atoms with Crippen LogP contribution in [-0.2, 0) is 0 Å². The molecule has 0 unspecified atom stereocenters. The van der Waals surface area contributed by atoms with Crippen molar-refractivity contribution in [3.8, 4) is 0 Å². The zero-order valence-corrected chi connectivity index (χ0v) is 5.18. The highest BCUT2D eigenvalue weighted by atomic mass is 28.2. The summed E-state index contributed by atoms with van der Waals surface area (Å²) >= 11 is 0. The van der Waals surface area contributed by atoms with Crippen molar-refractivity contribution in [1.29, 1.82) is 0 Å². The molecule has 0 radical (unpaired) electrons. The Morgan fingerprint density at radius 1 is 1.60 bits per heavy atom. The summed E-state index contributed by atoms with van der Waals surface area (Å²) < 4.78 is 0. The molecule has 2 N–H and O–H groups in total. The van der Waals surface area contributed by atoms with Gasteiger partial charge >= 0.3 is 0 Å². The Morgan fingerprint density at radius 2 is 1.60 bits per heavy atom. The van der Waals surface area contributed by atoms with Gasteiger partial charge in [0, 0.05) is 0 Å². The number of hydrogen-bond acceptors (Lipinski definition) is 2. The first-order valence-electron chi connectivity index (χ1n) is 1.11. The topological polar surface area (TPSA) is 40.5 Å². The Hall–Kier alpha value is -0.283. The molecular formula is C2H8O2Si. The Labute approximate surface area is 34.3 Å². The lowest BCUT2D eigenvalue weighted by molar-refractivity contribution is 0.476. The Balaban J connectivity index is 0. The zero-order valence-electron chi connectivity index (χ0n) is 3.18. The largest absolute Gasteiger partial charge is 0.516 e. The van der Waals surface area contributed by atoms with Crippen LogP contribution in [0.3, 0.4) is 0 Å². The lowest BCUT2D eigenvalue weighted by Gasteiger charge is -1.41. The van der Waals surface area contributed by atoms with E-state index in [4.69, 9.17) is 9.90 Å². The fourth-order valence-corrected chi connectivity index (χ4v) is 0. The standard InChI is InChI=1S/C2H4O.H4OSi/c1-2-3;1-2/h2-3H,1H2;1H,2H3. The second kappa shape index (κ2) is 53.4. The third kappa shape index (κ3) is 137. The predicted octanol–water partition coefficient (Wildman–Crippen LogP) is -1.05. The van der Waals surface area contributed by atoms with Crippen molar-refractivity contribution >= 4 is 10.5 Å². The normalized spacial score (nSPS) is 4.20. The van der Waals surface area contributed by atoms with E-state index in [2.05, 4.69) is 6.58 Å². The lowest BCUT2D eigenvalue weighted by atomic mass is 11.2. The zero-order chi connectivity index (χ0) is 4.71. The van der Waals surface area contributed by atoms with Gasteiger partial charge in [-0.15, -0.1) is 0 Å². The van der Waals surface area contributed by atoms with Crippen LogP contribution in [-0.4, -0.2) is 20.4 Å². The summed E-state index contributed by atoms with van der Waals surface area (Å²) in [6.45, 7) is 2.92. The maximum atomic E-state index is 7.33. The third-order valence-electron chi connectivity index (χ3n) is 0. The summed E-state index contributed by atoms with van der Waals surface area (Å²) in [4.78, 5) is 7.14. The van der Waals surface area contributed by atoms with E-state index in [-0.39, 0.29) is 0 Å². The molecular weight excluding hydrogens is 84.1 g/mol. The average molecular weight is 92.2 g/mol. The molecule has 0 aromatic carbocycles. The van der Waals surface area contributed by atoms with Crippen LogP contribution in [0.15, 0.2) is 12.8 Å². The van der Waals surface area contributed by atoms with Crippen LogP contribution in [0.25, 0.3) is 0 Å². The molecule has 0 rings (SSSR count).